The Morgan fingerprint density at radius 3 is 2.93 bits per heavy atom. The van der Waals surface area contributed by atoms with Crippen LogP contribution in [0.25, 0.3) is 0 Å². The van der Waals surface area contributed by atoms with Crippen LogP contribution in [0, 0.1) is 5.92 Å². The van der Waals surface area contributed by atoms with Gasteiger partial charge in [0.15, 0.2) is 0 Å². The Hall–Kier alpha value is -0.550. The first-order valence-corrected chi connectivity index (χ1v) is 5.94. The molecular formula is C9H14N2O2S. The molecule has 0 saturated carbocycles. The minimum atomic E-state index is -0.0689. The second kappa shape index (κ2) is 4.31. The molecule has 2 rings (SSSR count). The van der Waals surface area contributed by atoms with Gasteiger partial charge in [-0.15, -0.1) is 0 Å². The molecule has 1 N–H and O–H groups in total. The van der Waals surface area contributed by atoms with Crippen molar-refractivity contribution >= 4 is 22.9 Å². The molecule has 2 amide bonds. The molecule has 4 nitrogen and oxygen atoms in total. The summed E-state index contributed by atoms with van der Waals surface area (Å²) in [6.07, 6.45) is 2.27. The highest BCUT2D eigenvalue weighted by atomic mass is 32.2. The van der Waals surface area contributed by atoms with E-state index >= 15 is 0 Å². The molecule has 1 unspecified atom stereocenters. The Morgan fingerprint density at radius 2 is 2.36 bits per heavy atom. The summed E-state index contributed by atoms with van der Waals surface area (Å²) in [5, 5.41) is 3.21. The van der Waals surface area contributed by atoms with Crippen molar-refractivity contribution < 1.29 is 9.59 Å². The fourth-order valence-corrected chi connectivity index (χ4v) is 2.63. The quantitative estimate of drug-likeness (QED) is 0.734. The third-order valence-corrected chi connectivity index (χ3v) is 3.54. The molecule has 0 spiro atoms. The van der Waals surface area contributed by atoms with E-state index in [-0.39, 0.29) is 11.1 Å². The van der Waals surface area contributed by atoms with Gasteiger partial charge in [0.25, 0.3) is 5.24 Å². The highest BCUT2D eigenvalue weighted by Crippen LogP contribution is 2.21. The van der Waals surface area contributed by atoms with Crippen LogP contribution < -0.4 is 5.32 Å². The molecule has 2 heterocycles. The van der Waals surface area contributed by atoms with E-state index in [1.165, 1.54) is 4.90 Å². The Labute approximate surface area is 87.4 Å². The predicted molar refractivity (Wildman–Crippen MR) is 55.2 cm³/mol. The average Bonchev–Trinajstić information content (AvgIpc) is 2.51. The normalized spacial score (nSPS) is 28.6. The SMILES string of the molecule is O=C1CSC(=O)N1CC1CCCNC1. The number of hydrogen-bond donors (Lipinski definition) is 1. The summed E-state index contributed by atoms with van der Waals surface area (Å²) in [5.41, 5.74) is 0. The van der Waals surface area contributed by atoms with E-state index in [1.807, 2.05) is 0 Å². The molecule has 0 aromatic rings. The van der Waals surface area contributed by atoms with Crippen LogP contribution in [-0.4, -0.2) is 41.4 Å². The molecule has 2 saturated heterocycles. The van der Waals surface area contributed by atoms with Crippen LogP contribution in [0.2, 0.25) is 0 Å². The number of thioether (sulfide) groups is 1. The zero-order valence-corrected chi connectivity index (χ0v) is 8.81. The number of nitrogens with one attached hydrogen (secondary N) is 1. The molecule has 78 valence electrons. The first-order chi connectivity index (χ1) is 6.77. The number of hydrogen-bond acceptors (Lipinski definition) is 4. The van der Waals surface area contributed by atoms with Crippen molar-refractivity contribution in [3.05, 3.63) is 0 Å². The smallest absolute Gasteiger partial charge is 0.288 e. The van der Waals surface area contributed by atoms with Gasteiger partial charge in [-0.05, 0) is 31.8 Å². The van der Waals surface area contributed by atoms with E-state index in [0.29, 0.717) is 18.2 Å². The third-order valence-electron chi connectivity index (χ3n) is 2.68. The van der Waals surface area contributed by atoms with Crippen molar-refractivity contribution in [3.63, 3.8) is 0 Å². The fraction of sp³-hybridized carbons (Fsp3) is 0.778. The molecule has 2 aliphatic rings. The number of amides is 2. The first-order valence-electron chi connectivity index (χ1n) is 4.95. The molecule has 14 heavy (non-hydrogen) atoms. The van der Waals surface area contributed by atoms with Crippen molar-refractivity contribution in [1.82, 2.24) is 10.2 Å². The number of piperidine rings is 1. The van der Waals surface area contributed by atoms with E-state index < -0.39 is 0 Å². The summed E-state index contributed by atoms with van der Waals surface area (Å²) in [7, 11) is 0. The standard InChI is InChI=1S/C9H14N2O2S/c12-8-6-14-9(13)11(8)5-7-2-1-3-10-4-7/h7,10H,1-6H2. The summed E-state index contributed by atoms with van der Waals surface area (Å²) < 4.78 is 0. The second-order valence-electron chi connectivity index (χ2n) is 3.77. The Kier molecular flexibility index (Phi) is 3.08. The lowest BCUT2D eigenvalue weighted by Crippen LogP contribution is -2.40. The molecule has 0 bridgehead atoms. The maximum atomic E-state index is 11.3. The van der Waals surface area contributed by atoms with Crippen molar-refractivity contribution in [3.8, 4) is 0 Å². The van der Waals surface area contributed by atoms with Gasteiger partial charge in [0, 0.05) is 6.54 Å². The lowest BCUT2D eigenvalue weighted by molar-refractivity contribution is -0.125. The minimum absolute atomic E-state index is 0.0226. The van der Waals surface area contributed by atoms with Crippen LogP contribution in [0.4, 0.5) is 4.79 Å². The van der Waals surface area contributed by atoms with E-state index in [1.54, 1.807) is 0 Å². The van der Waals surface area contributed by atoms with Gasteiger partial charge in [-0.25, -0.2) is 0 Å². The van der Waals surface area contributed by atoms with Crippen molar-refractivity contribution in [1.29, 1.82) is 0 Å². The Balaban J connectivity index is 1.89. The summed E-state index contributed by atoms with van der Waals surface area (Å²) in [6.45, 7) is 2.60. The van der Waals surface area contributed by atoms with Crippen LogP contribution in [0.15, 0.2) is 0 Å². The molecule has 0 radical (unpaired) electrons. The van der Waals surface area contributed by atoms with Gasteiger partial charge < -0.3 is 5.32 Å². The Morgan fingerprint density at radius 1 is 1.50 bits per heavy atom. The summed E-state index contributed by atoms with van der Waals surface area (Å²) in [4.78, 5) is 24.0. The summed E-state index contributed by atoms with van der Waals surface area (Å²) in [6, 6.07) is 0. The van der Waals surface area contributed by atoms with Crippen LogP contribution >= 0.6 is 11.8 Å². The predicted octanol–water partition coefficient (Wildman–Crippen LogP) is 0.681. The number of nitrogens with zero attached hydrogens (tertiary/aromatic N) is 1. The zero-order valence-electron chi connectivity index (χ0n) is 7.99. The molecular weight excluding hydrogens is 200 g/mol. The summed E-state index contributed by atoms with van der Waals surface area (Å²) >= 11 is 1.12. The lowest BCUT2D eigenvalue weighted by Gasteiger charge is -2.25. The number of carbonyl (C=O) groups excluding carboxylic acids is 2. The first kappa shape index (κ1) is 9.98. The molecule has 2 aliphatic heterocycles. The molecule has 0 aliphatic carbocycles. The van der Waals surface area contributed by atoms with Crippen molar-refractivity contribution in [2.45, 2.75) is 12.8 Å². The number of rotatable bonds is 2. The van der Waals surface area contributed by atoms with Gasteiger partial charge >= 0.3 is 0 Å². The highest BCUT2D eigenvalue weighted by Gasteiger charge is 2.31. The number of carbonyl (C=O) groups is 2. The van der Waals surface area contributed by atoms with Crippen molar-refractivity contribution in [2.75, 3.05) is 25.4 Å². The monoisotopic (exact) mass is 214 g/mol. The molecule has 2 fully saturated rings. The Bertz CT molecular complexity index is 235. The maximum absolute atomic E-state index is 11.3. The van der Waals surface area contributed by atoms with Crippen LogP contribution in [0.1, 0.15) is 12.8 Å². The van der Waals surface area contributed by atoms with Crippen molar-refractivity contribution in [2.24, 2.45) is 5.92 Å². The zero-order chi connectivity index (χ0) is 9.97. The van der Waals surface area contributed by atoms with E-state index in [2.05, 4.69) is 5.32 Å². The second-order valence-corrected chi connectivity index (χ2v) is 4.70. The van der Waals surface area contributed by atoms with Gasteiger partial charge in [-0.1, -0.05) is 11.8 Å². The maximum Gasteiger partial charge on any atom is 0.288 e. The number of imide groups is 1. The molecule has 0 aromatic carbocycles. The summed E-state index contributed by atoms with van der Waals surface area (Å²) in [5.74, 6) is 0.764. The molecule has 1 atom stereocenters. The molecule has 0 aromatic heterocycles. The van der Waals surface area contributed by atoms with Gasteiger partial charge in [0.1, 0.15) is 0 Å². The van der Waals surface area contributed by atoms with E-state index in [0.717, 1.165) is 37.7 Å². The van der Waals surface area contributed by atoms with Gasteiger partial charge in [-0.2, -0.15) is 0 Å². The molecule has 5 heteroatoms. The average molecular weight is 214 g/mol. The van der Waals surface area contributed by atoms with Crippen LogP contribution in [0.3, 0.4) is 0 Å². The van der Waals surface area contributed by atoms with Gasteiger partial charge in [-0.3, -0.25) is 14.5 Å². The van der Waals surface area contributed by atoms with E-state index in [9.17, 15) is 9.59 Å². The van der Waals surface area contributed by atoms with Crippen LogP contribution in [-0.2, 0) is 4.79 Å². The fourth-order valence-electron chi connectivity index (χ4n) is 1.90. The lowest BCUT2D eigenvalue weighted by atomic mass is 9.99. The van der Waals surface area contributed by atoms with E-state index in [4.69, 9.17) is 0 Å². The van der Waals surface area contributed by atoms with Crippen LogP contribution in [0.5, 0.6) is 0 Å². The topological polar surface area (TPSA) is 49.4 Å². The van der Waals surface area contributed by atoms with Gasteiger partial charge in [0.2, 0.25) is 5.91 Å². The van der Waals surface area contributed by atoms with Gasteiger partial charge in [0.05, 0.1) is 5.75 Å². The third kappa shape index (κ3) is 2.09. The highest BCUT2D eigenvalue weighted by molar-refractivity contribution is 8.14. The largest absolute Gasteiger partial charge is 0.316 e. The minimum Gasteiger partial charge on any atom is -0.316 e.